The first-order valence-electron chi connectivity index (χ1n) is 10.0. The lowest BCUT2D eigenvalue weighted by molar-refractivity contribution is 0.0935. The van der Waals surface area contributed by atoms with Gasteiger partial charge in [-0.3, -0.25) is 4.79 Å². The molecule has 3 aromatic carbocycles. The van der Waals surface area contributed by atoms with Crippen LogP contribution in [0.1, 0.15) is 48.7 Å². The average Bonchev–Trinajstić information content (AvgIpc) is 2.72. The van der Waals surface area contributed by atoms with E-state index in [4.69, 9.17) is 9.47 Å². The van der Waals surface area contributed by atoms with Crippen LogP contribution in [0.15, 0.2) is 72.8 Å². The second-order valence-electron chi connectivity index (χ2n) is 8.46. The predicted molar refractivity (Wildman–Crippen MR) is 129 cm³/mol. The molecule has 4 heteroatoms. The Morgan fingerprint density at radius 3 is 1.87 bits per heavy atom. The third-order valence-corrected chi connectivity index (χ3v) is 5.54. The molecule has 0 amide bonds. The fourth-order valence-electron chi connectivity index (χ4n) is 3.05. The van der Waals surface area contributed by atoms with Crippen molar-refractivity contribution in [3.63, 3.8) is 0 Å². The van der Waals surface area contributed by atoms with Gasteiger partial charge in [0.1, 0.15) is 24.7 Å². The second-order valence-corrected chi connectivity index (χ2v) is 9.54. The van der Waals surface area contributed by atoms with Gasteiger partial charge in [0.05, 0.1) is 9.13 Å². The highest BCUT2D eigenvalue weighted by Gasteiger charge is 2.23. The molecular formula is C26H27IO3. The van der Waals surface area contributed by atoms with Crippen molar-refractivity contribution in [1.29, 1.82) is 0 Å². The molecule has 0 bridgehead atoms. The number of Topliss-reactive ketones (excluding diaryl/α,β-unsaturated/α-hetero) is 1. The van der Waals surface area contributed by atoms with Gasteiger partial charge in [-0.2, -0.15) is 0 Å². The molecule has 156 valence electrons. The Labute approximate surface area is 192 Å². The van der Waals surface area contributed by atoms with Gasteiger partial charge >= 0.3 is 0 Å². The molecule has 0 radical (unpaired) electrons. The van der Waals surface area contributed by atoms with Gasteiger partial charge in [-0.15, -0.1) is 0 Å². The minimum absolute atomic E-state index is 0.0816. The Morgan fingerprint density at radius 2 is 1.33 bits per heavy atom. The molecule has 0 aliphatic carbocycles. The number of rotatable bonds is 8. The third-order valence-electron chi connectivity index (χ3n) is 4.52. The normalized spacial score (nSPS) is 11.2. The van der Waals surface area contributed by atoms with Crippen molar-refractivity contribution >= 4 is 28.4 Å². The molecule has 0 spiro atoms. The van der Waals surface area contributed by atoms with E-state index in [1.54, 1.807) is 0 Å². The van der Waals surface area contributed by atoms with Gasteiger partial charge in [-0.1, -0.05) is 81.4 Å². The van der Waals surface area contributed by atoms with Gasteiger partial charge in [-0.05, 0) is 51.3 Å². The van der Waals surface area contributed by atoms with Crippen LogP contribution in [0.5, 0.6) is 11.5 Å². The summed E-state index contributed by atoms with van der Waals surface area (Å²) < 4.78 is 13.0. The molecule has 0 atom stereocenters. The molecule has 30 heavy (non-hydrogen) atoms. The molecule has 3 rings (SSSR count). The van der Waals surface area contributed by atoms with Crippen molar-refractivity contribution in [3.05, 3.63) is 93.1 Å². The maximum atomic E-state index is 13.0. The number of carbonyl (C=O) groups is 1. The Hall–Kier alpha value is -2.34. The molecule has 0 unspecified atom stereocenters. The van der Waals surface area contributed by atoms with Gasteiger partial charge in [0.2, 0.25) is 0 Å². The summed E-state index contributed by atoms with van der Waals surface area (Å²) in [6, 6.07) is 23.7. The summed E-state index contributed by atoms with van der Waals surface area (Å²) in [6.45, 7) is 7.06. The maximum Gasteiger partial charge on any atom is 0.167 e. The van der Waals surface area contributed by atoms with Gasteiger partial charge in [0.15, 0.2) is 5.78 Å². The number of benzene rings is 3. The van der Waals surface area contributed by atoms with Crippen molar-refractivity contribution in [1.82, 2.24) is 0 Å². The lowest BCUT2D eigenvalue weighted by atomic mass is 9.87. The highest BCUT2D eigenvalue weighted by atomic mass is 127. The number of carbonyl (C=O) groups excluding carboxylic acids is 1. The van der Waals surface area contributed by atoms with Crippen molar-refractivity contribution in [2.45, 2.75) is 40.4 Å². The fraction of sp³-hybridized carbons (Fsp3) is 0.269. The van der Waals surface area contributed by atoms with Crippen molar-refractivity contribution in [3.8, 4) is 11.5 Å². The maximum absolute atomic E-state index is 13.0. The molecule has 0 fully saturated rings. The van der Waals surface area contributed by atoms with E-state index in [9.17, 15) is 4.79 Å². The molecule has 0 aromatic heterocycles. The Balaban J connectivity index is 1.87. The first kappa shape index (κ1) is 22.3. The summed E-state index contributed by atoms with van der Waals surface area (Å²) in [4.78, 5) is 13.0. The van der Waals surface area contributed by atoms with Crippen molar-refractivity contribution in [2.75, 3.05) is 0 Å². The van der Waals surface area contributed by atoms with E-state index in [0.29, 0.717) is 30.9 Å². The summed E-state index contributed by atoms with van der Waals surface area (Å²) in [5.74, 6) is 1.40. The minimum atomic E-state index is -0.0955. The number of halogens is 1. The molecule has 0 aliphatic heterocycles. The van der Waals surface area contributed by atoms with Crippen LogP contribution in [0.3, 0.4) is 0 Å². The van der Waals surface area contributed by atoms with Gasteiger partial charge in [-0.25, -0.2) is 0 Å². The first-order valence-corrected chi connectivity index (χ1v) is 11.1. The molecule has 3 aromatic rings. The topological polar surface area (TPSA) is 35.5 Å². The van der Waals surface area contributed by atoms with Crippen LogP contribution in [0.4, 0.5) is 0 Å². The number of ketones is 1. The van der Waals surface area contributed by atoms with Crippen LogP contribution >= 0.6 is 22.6 Å². The smallest absolute Gasteiger partial charge is 0.167 e. The fourth-order valence-corrected chi connectivity index (χ4v) is 3.83. The summed E-state index contributed by atoms with van der Waals surface area (Å²) in [5, 5.41) is 0. The van der Waals surface area contributed by atoms with Gasteiger partial charge in [0, 0.05) is 6.42 Å². The molecular weight excluding hydrogens is 487 g/mol. The highest BCUT2D eigenvalue weighted by Crippen LogP contribution is 2.36. The average molecular weight is 514 g/mol. The van der Waals surface area contributed by atoms with E-state index in [1.807, 2.05) is 72.8 Å². The van der Waals surface area contributed by atoms with Crippen LogP contribution in [-0.2, 0) is 13.2 Å². The molecule has 0 heterocycles. The Morgan fingerprint density at radius 1 is 0.800 bits per heavy atom. The van der Waals surface area contributed by atoms with E-state index in [-0.39, 0.29) is 11.2 Å². The van der Waals surface area contributed by atoms with Crippen LogP contribution < -0.4 is 9.47 Å². The monoisotopic (exact) mass is 514 g/mol. The largest absolute Gasteiger partial charge is 0.488 e. The predicted octanol–water partition coefficient (Wildman–Crippen LogP) is 7.07. The van der Waals surface area contributed by atoms with Crippen molar-refractivity contribution in [2.24, 2.45) is 5.41 Å². The summed E-state index contributed by atoms with van der Waals surface area (Å²) >= 11 is 2.22. The summed E-state index contributed by atoms with van der Waals surface area (Å²) in [6.07, 6.45) is 0.453. The van der Waals surface area contributed by atoms with E-state index in [1.165, 1.54) is 0 Å². The molecule has 0 saturated carbocycles. The zero-order chi connectivity index (χ0) is 21.6. The van der Waals surface area contributed by atoms with Crippen molar-refractivity contribution < 1.29 is 14.3 Å². The van der Waals surface area contributed by atoms with Crippen LogP contribution in [0, 0.1) is 8.99 Å². The number of hydrogen-bond acceptors (Lipinski definition) is 3. The minimum Gasteiger partial charge on any atom is -0.488 e. The van der Waals surface area contributed by atoms with E-state index in [2.05, 4.69) is 43.4 Å². The van der Waals surface area contributed by atoms with E-state index >= 15 is 0 Å². The van der Waals surface area contributed by atoms with E-state index in [0.717, 1.165) is 20.4 Å². The lowest BCUT2D eigenvalue weighted by Gasteiger charge is -2.20. The van der Waals surface area contributed by atoms with Gasteiger partial charge < -0.3 is 9.47 Å². The quantitative estimate of drug-likeness (QED) is 0.238. The molecule has 0 N–H and O–H groups in total. The van der Waals surface area contributed by atoms with Crippen LogP contribution in [-0.4, -0.2) is 5.78 Å². The van der Waals surface area contributed by atoms with Crippen LogP contribution in [0.2, 0.25) is 0 Å². The van der Waals surface area contributed by atoms with E-state index < -0.39 is 0 Å². The first-order chi connectivity index (χ1) is 14.3. The highest BCUT2D eigenvalue weighted by molar-refractivity contribution is 14.1. The second kappa shape index (κ2) is 10.1. The zero-order valence-electron chi connectivity index (χ0n) is 17.7. The Bertz CT molecular complexity index is 976. The summed E-state index contributed by atoms with van der Waals surface area (Å²) in [5.41, 5.74) is 2.66. The standard InChI is InChI=1S/C26H27IO3/c1-26(2,3)16-22(28)21-14-15-23(29-17-19-10-6-4-7-11-19)24(27)25(21)30-18-20-12-8-5-9-13-20/h4-15H,16-18H2,1-3H3. The third kappa shape index (κ3) is 6.33. The van der Waals surface area contributed by atoms with Gasteiger partial charge in [0.25, 0.3) is 0 Å². The number of hydrogen-bond donors (Lipinski definition) is 0. The van der Waals surface area contributed by atoms with Crippen LogP contribution in [0.25, 0.3) is 0 Å². The summed E-state index contributed by atoms with van der Waals surface area (Å²) in [7, 11) is 0. The Kier molecular flexibility index (Phi) is 7.53. The number of ether oxygens (including phenoxy) is 2. The molecule has 0 saturated heterocycles. The molecule has 3 nitrogen and oxygen atoms in total. The molecule has 0 aliphatic rings. The lowest BCUT2D eigenvalue weighted by Crippen LogP contribution is -2.15. The zero-order valence-corrected chi connectivity index (χ0v) is 19.8. The SMILES string of the molecule is CC(C)(C)CC(=O)c1ccc(OCc2ccccc2)c(I)c1OCc1ccccc1.